The number of aromatic hydroxyl groups is 1. The molecule has 0 spiro atoms. The second-order valence-corrected chi connectivity index (χ2v) is 9.10. The van der Waals surface area contributed by atoms with Crippen LogP contribution in [0.2, 0.25) is 0 Å². The summed E-state index contributed by atoms with van der Waals surface area (Å²) in [5.41, 5.74) is -3.16. The number of aromatic nitrogens is 4. The Labute approximate surface area is 180 Å². The van der Waals surface area contributed by atoms with Crippen molar-refractivity contribution in [2.75, 3.05) is 0 Å². The number of hydrogen-bond acceptors (Lipinski definition) is 5. The van der Waals surface area contributed by atoms with Gasteiger partial charge in [0, 0.05) is 30.4 Å². The number of amides is 1. The molecule has 0 aliphatic heterocycles. The zero-order valence-electron chi connectivity index (χ0n) is 17.7. The monoisotopic (exact) mass is 449 g/mol. The topological polar surface area (TPSA) is 102 Å². The molecule has 2 N–H and O–H groups in total. The zero-order chi connectivity index (χ0) is 23.4. The van der Waals surface area contributed by atoms with Crippen LogP contribution in [0.4, 0.5) is 13.2 Å². The summed E-state index contributed by atoms with van der Waals surface area (Å²) >= 11 is 0. The third-order valence-corrected chi connectivity index (χ3v) is 4.97. The van der Waals surface area contributed by atoms with Crippen molar-refractivity contribution < 1.29 is 23.1 Å². The van der Waals surface area contributed by atoms with Crippen LogP contribution < -0.4 is 10.9 Å². The summed E-state index contributed by atoms with van der Waals surface area (Å²) in [4.78, 5) is 29.3. The SMILES string of the molecule is CC(C)(C)Cn1c(=O)c(C(=O)NC2CC2)c(O)n2nc(-c3cccnc3C(F)(F)F)cc12. The lowest BCUT2D eigenvalue weighted by Crippen LogP contribution is -2.37. The van der Waals surface area contributed by atoms with Gasteiger partial charge in [0.05, 0.1) is 5.69 Å². The number of carbonyl (C=O) groups excluding carboxylic acids is 1. The fourth-order valence-electron chi connectivity index (χ4n) is 3.44. The molecular formula is C21H22F3N5O3. The van der Waals surface area contributed by atoms with E-state index in [-0.39, 0.29) is 29.5 Å². The number of halogens is 3. The molecular weight excluding hydrogens is 427 g/mol. The van der Waals surface area contributed by atoms with E-state index in [1.54, 1.807) is 0 Å². The third kappa shape index (κ3) is 4.06. The molecule has 170 valence electrons. The Morgan fingerprint density at radius 3 is 2.56 bits per heavy atom. The number of alkyl halides is 3. The van der Waals surface area contributed by atoms with Crippen LogP contribution >= 0.6 is 0 Å². The highest BCUT2D eigenvalue weighted by Gasteiger charge is 2.36. The van der Waals surface area contributed by atoms with Gasteiger partial charge in [0.1, 0.15) is 5.65 Å². The number of fused-ring (bicyclic) bond motifs is 1. The maximum atomic E-state index is 13.5. The minimum Gasteiger partial charge on any atom is -0.492 e. The fraction of sp³-hybridized carbons (Fsp3) is 0.429. The molecule has 1 saturated carbocycles. The molecule has 1 aliphatic carbocycles. The molecule has 0 bridgehead atoms. The van der Waals surface area contributed by atoms with E-state index in [0.29, 0.717) is 0 Å². The molecule has 1 amide bonds. The van der Waals surface area contributed by atoms with E-state index in [0.717, 1.165) is 23.6 Å². The van der Waals surface area contributed by atoms with Gasteiger partial charge in [0.2, 0.25) is 5.88 Å². The predicted molar refractivity (Wildman–Crippen MR) is 109 cm³/mol. The van der Waals surface area contributed by atoms with Gasteiger partial charge in [0.15, 0.2) is 11.3 Å². The number of nitrogens with one attached hydrogen (secondary N) is 1. The Bertz CT molecular complexity index is 1270. The van der Waals surface area contributed by atoms with Gasteiger partial charge in [-0.1, -0.05) is 20.8 Å². The van der Waals surface area contributed by atoms with E-state index in [4.69, 9.17) is 0 Å². The van der Waals surface area contributed by atoms with E-state index in [9.17, 15) is 27.9 Å². The zero-order valence-corrected chi connectivity index (χ0v) is 17.7. The molecule has 0 saturated heterocycles. The lowest BCUT2D eigenvalue weighted by molar-refractivity contribution is -0.140. The first-order chi connectivity index (χ1) is 14.9. The molecule has 0 atom stereocenters. The van der Waals surface area contributed by atoms with Crippen molar-refractivity contribution in [2.24, 2.45) is 5.41 Å². The van der Waals surface area contributed by atoms with Crippen LogP contribution in [0, 0.1) is 5.41 Å². The van der Waals surface area contributed by atoms with Crippen molar-refractivity contribution in [2.45, 2.75) is 52.4 Å². The first kappa shape index (κ1) is 21.8. The maximum Gasteiger partial charge on any atom is 0.434 e. The van der Waals surface area contributed by atoms with Crippen molar-refractivity contribution in [1.82, 2.24) is 24.5 Å². The van der Waals surface area contributed by atoms with Crippen LogP contribution in [-0.2, 0) is 12.7 Å². The van der Waals surface area contributed by atoms with Crippen LogP contribution in [0.1, 0.15) is 49.7 Å². The number of pyridine rings is 1. The van der Waals surface area contributed by atoms with Gasteiger partial charge in [-0.3, -0.25) is 19.1 Å². The van der Waals surface area contributed by atoms with E-state index < -0.39 is 40.2 Å². The summed E-state index contributed by atoms with van der Waals surface area (Å²) in [6, 6.07) is 3.76. The molecule has 0 aromatic carbocycles. The van der Waals surface area contributed by atoms with Gasteiger partial charge in [0.25, 0.3) is 11.5 Å². The molecule has 4 rings (SSSR count). The summed E-state index contributed by atoms with van der Waals surface area (Å²) in [5.74, 6) is -1.47. The lowest BCUT2D eigenvalue weighted by atomic mass is 9.96. The van der Waals surface area contributed by atoms with Crippen LogP contribution in [0.25, 0.3) is 16.9 Å². The average molecular weight is 449 g/mol. The summed E-state index contributed by atoms with van der Waals surface area (Å²) in [6.07, 6.45) is -2.15. The average Bonchev–Trinajstić information content (AvgIpc) is 3.37. The summed E-state index contributed by atoms with van der Waals surface area (Å²) in [6.45, 7) is 5.75. The smallest absolute Gasteiger partial charge is 0.434 e. The second kappa shape index (κ2) is 7.35. The van der Waals surface area contributed by atoms with E-state index in [2.05, 4.69) is 15.4 Å². The van der Waals surface area contributed by atoms with Gasteiger partial charge in [-0.15, -0.1) is 0 Å². The summed E-state index contributed by atoms with van der Waals surface area (Å²) < 4.78 is 42.6. The predicted octanol–water partition coefficient (Wildman–Crippen LogP) is 3.22. The largest absolute Gasteiger partial charge is 0.492 e. The van der Waals surface area contributed by atoms with Gasteiger partial charge >= 0.3 is 6.18 Å². The molecule has 11 heteroatoms. The normalized spacial score (nSPS) is 14.7. The standard InChI is InChI=1S/C21H22F3N5O3/c1-20(2,3)10-28-14-9-13(12-5-4-8-25-16(12)21(22,23)24)27-29(14)19(32)15(18(28)31)17(30)26-11-6-7-11/h4-5,8-9,11,32H,6-7,10H2,1-3H3,(H,26,30). The Morgan fingerprint density at radius 1 is 1.28 bits per heavy atom. The number of carbonyl (C=O) groups is 1. The Kier molecular flexibility index (Phi) is 5.02. The van der Waals surface area contributed by atoms with Crippen molar-refractivity contribution in [1.29, 1.82) is 0 Å². The number of hydrogen-bond donors (Lipinski definition) is 2. The Morgan fingerprint density at radius 2 is 1.97 bits per heavy atom. The highest BCUT2D eigenvalue weighted by Crippen LogP contribution is 2.35. The van der Waals surface area contributed by atoms with Gasteiger partial charge in [-0.25, -0.2) is 0 Å². The quantitative estimate of drug-likeness (QED) is 0.637. The van der Waals surface area contributed by atoms with E-state index in [1.807, 2.05) is 20.8 Å². The molecule has 0 unspecified atom stereocenters. The Hall–Kier alpha value is -3.37. The molecule has 0 radical (unpaired) electrons. The number of rotatable bonds is 4. The first-order valence-corrected chi connectivity index (χ1v) is 10.1. The summed E-state index contributed by atoms with van der Waals surface area (Å²) in [5, 5.41) is 17.5. The van der Waals surface area contributed by atoms with Crippen molar-refractivity contribution in [3.8, 4) is 17.1 Å². The minimum absolute atomic E-state index is 0.0639. The first-order valence-electron chi connectivity index (χ1n) is 10.1. The molecule has 32 heavy (non-hydrogen) atoms. The molecule has 1 aliphatic rings. The molecule has 1 fully saturated rings. The van der Waals surface area contributed by atoms with Crippen LogP contribution in [-0.4, -0.2) is 36.2 Å². The van der Waals surface area contributed by atoms with Gasteiger partial charge in [-0.2, -0.15) is 22.8 Å². The molecule has 8 nitrogen and oxygen atoms in total. The molecule has 3 heterocycles. The van der Waals surface area contributed by atoms with E-state index >= 15 is 0 Å². The minimum atomic E-state index is -4.73. The molecule has 3 aromatic heterocycles. The van der Waals surface area contributed by atoms with Crippen LogP contribution in [0.15, 0.2) is 29.2 Å². The van der Waals surface area contributed by atoms with Crippen LogP contribution in [0.3, 0.4) is 0 Å². The number of nitrogens with zero attached hydrogens (tertiary/aromatic N) is 4. The van der Waals surface area contributed by atoms with Crippen LogP contribution in [0.5, 0.6) is 5.88 Å². The summed E-state index contributed by atoms with van der Waals surface area (Å²) in [7, 11) is 0. The lowest BCUT2D eigenvalue weighted by Gasteiger charge is -2.21. The fourth-order valence-corrected chi connectivity index (χ4v) is 3.44. The van der Waals surface area contributed by atoms with Gasteiger partial charge in [-0.05, 0) is 30.4 Å². The Balaban J connectivity index is 1.98. The third-order valence-electron chi connectivity index (χ3n) is 4.97. The highest BCUT2D eigenvalue weighted by atomic mass is 19.4. The maximum absolute atomic E-state index is 13.5. The highest BCUT2D eigenvalue weighted by molar-refractivity contribution is 5.96. The van der Waals surface area contributed by atoms with Crippen molar-refractivity contribution >= 4 is 11.6 Å². The molecule has 3 aromatic rings. The second-order valence-electron chi connectivity index (χ2n) is 9.10. The van der Waals surface area contributed by atoms with Crippen molar-refractivity contribution in [3.05, 3.63) is 46.0 Å². The van der Waals surface area contributed by atoms with Crippen molar-refractivity contribution in [3.63, 3.8) is 0 Å². The van der Waals surface area contributed by atoms with Gasteiger partial charge < -0.3 is 10.4 Å². The van der Waals surface area contributed by atoms with E-state index in [1.165, 1.54) is 22.8 Å².